The molecule has 0 bridgehead atoms. The maximum absolute atomic E-state index is 12.2. The highest BCUT2D eigenvalue weighted by Crippen LogP contribution is 2.27. The Balaban J connectivity index is 1.87. The second kappa shape index (κ2) is 7.06. The van der Waals surface area contributed by atoms with E-state index >= 15 is 0 Å². The average Bonchev–Trinajstić information content (AvgIpc) is 3.01. The molecule has 5 heteroatoms. The summed E-state index contributed by atoms with van der Waals surface area (Å²) in [6.07, 6.45) is 5.08. The molecule has 1 N–H and O–H groups in total. The molecule has 0 saturated heterocycles. The van der Waals surface area contributed by atoms with E-state index in [4.69, 9.17) is 5.26 Å². The molecule has 1 aromatic carbocycles. The van der Waals surface area contributed by atoms with E-state index in [0.29, 0.717) is 24.1 Å². The fourth-order valence-electron chi connectivity index (χ4n) is 2.90. The zero-order valence-corrected chi connectivity index (χ0v) is 13.2. The van der Waals surface area contributed by atoms with Gasteiger partial charge in [-0.3, -0.25) is 0 Å². The van der Waals surface area contributed by atoms with Gasteiger partial charge in [0.15, 0.2) is 9.84 Å². The van der Waals surface area contributed by atoms with Crippen LogP contribution in [0.25, 0.3) is 0 Å². The van der Waals surface area contributed by atoms with Crippen molar-refractivity contribution in [1.29, 1.82) is 5.26 Å². The third-order valence-electron chi connectivity index (χ3n) is 4.29. The van der Waals surface area contributed by atoms with E-state index in [1.165, 1.54) is 37.8 Å². The lowest BCUT2D eigenvalue weighted by atomic mass is 10.00. The van der Waals surface area contributed by atoms with Crippen molar-refractivity contribution < 1.29 is 8.42 Å². The van der Waals surface area contributed by atoms with Crippen LogP contribution in [0.2, 0.25) is 0 Å². The molecular formula is C16H22N2O2S. The van der Waals surface area contributed by atoms with Crippen molar-refractivity contribution in [3.63, 3.8) is 0 Å². The van der Waals surface area contributed by atoms with Crippen LogP contribution in [-0.4, -0.2) is 26.8 Å². The van der Waals surface area contributed by atoms with Gasteiger partial charge in [-0.15, -0.1) is 0 Å². The van der Waals surface area contributed by atoms with Crippen molar-refractivity contribution in [2.75, 3.05) is 12.3 Å². The second-order valence-electron chi connectivity index (χ2n) is 5.74. The summed E-state index contributed by atoms with van der Waals surface area (Å²) < 4.78 is 24.4. The first-order valence-electron chi connectivity index (χ1n) is 7.49. The van der Waals surface area contributed by atoms with Crippen molar-refractivity contribution in [3.8, 4) is 6.07 Å². The Morgan fingerprint density at radius 3 is 2.48 bits per heavy atom. The average molecular weight is 306 g/mol. The summed E-state index contributed by atoms with van der Waals surface area (Å²) in [4.78, 5) is 0.289. The normalized spacial score (nSPS) is 17.5. The van der Waals surface area contributed by atoms with Crippen LogP contribution in [0.15, 0.2) is 29.2 Å². The molecule has 0 aromatic heterocycles. The standard InChI is InChI=1S/C16H22N2O2S/c1-13(15-4-2-3-5-15)18-10-11-21(19,20)16-8-6-14(12-17)7-9-16/h6-9,13,15,18H,2-5,10-11H2,1H3/t13-/m1/s1. The first-order valence-corrected chi connectivity index (χ1v) is 9.14. The maximum atomic E-state index is 12.2. The molecule has 1 aliphatic carbocycles. The number of nitrogens with zero attached hydrogens (tertiary/aromatic N) is 1. The number of benzene rings is 1. The predicted octanol–water partition coefficient (Wildman–Crippen LogP) is 2.50. The highest BCUT2D eigenvalue weighted by atomic mass is 32.2. The van der Waals surface area contributed by atoms with Crippen LogP contribution in [0.4, 0.5) is 0 Å². The SMILES string of the molecule is C[C@@H](NCCS(=O)(=O)c1ccc(C#N)cc1)C1CCCC1. The molecule has 0 unspecified atom stereocenters. The minimum atomic E-state index is -3.28. The molecule has 1 fully saturated rings. The summed E-state index contributed by atoms with van der Waals surface area (Å²) in [6.45, 7) is 2.62. The largest absolute Gasteiger partial charge is 0.313 e. The van der Waals surface area contributed by atoms with Gasteiger partial charge in [-0.1, -0.05) is 12.8 Å². The van der Waals surface area contributed by atoms with E-state index in [-0.39, 0.29) is 10.6 Å². The predicted molar refractivity (Wildman–Crippen MR) is 82.6 cm³/mol. The van der Waals surface area contributed by atoms with Crippen LogP contribution < -0.4 is 5.32 Å². The molecule has 0 amide bonds. The van der Waals surface area contributed by atoms with Crippen molar-refractivity contribution in [3.05, 3.63) is 29.8 Å². The monoisotopic (exact) mass is 306 g/mol. The third kappa shape index (κ3) is 4.29. The first kappa shape index (κ1) is 16.0. The van der Waals surface area contributed by atoms with Gasteiger partial charge >= 0.3 is 0 Å². The molecule has 0 heterocycles. The molecule has 2 rings (SSSR count). The van der Waals surface area contributed by atoms with Gasteiger partial charge in [-0.2, -0.15) is 5.26 Å². The maximum Gasteiger partial charge on any atom is 0.179 e. The Morgan fingerprint density at radius 2 is 1.90 bits per heavy atom. The van der Waals surface area contributed by atoms with Crippen molar-refractivity contribution in [2.45, 2.75) is 43.5 Å². The van der Waals surface area contributed by atoms with Crippen LogP contribution in [0.1, 0.15) is 38.2 Å². The highest BCUT2D eigenvalue weighted by molar-refractivity contribution is 7.91. The van der Waals surface area contributed by atoms with Crippen molar-refractivity contribution >= 4 is 9.84 Å². The molecule has 114 valence electrons. The number of rotatable bonds is 6. The van der Waals surface area contributed by atoms with Gasteiger partial charge in [-0.05, 0) is 49.9 Å². The van der Waals surface area contributed by atoms with Crippen molar-refractivity contribution in [1.82, 2.24) is 5.32 Å². The van der Waals surface area contributed by atoms with Gasteiger partial charge in [0.05, 0.1) is 22.3 Å². The molecule has 1 aromatic rings. The number of sulfone groups is 1. The number of hydrogen-bond acceptors (Lipinski definition) is 4. The molecule has 1 saturated carbocycles. The summed E-state index contributed by atoms with van der Waals surface area (Å²) in [7, 11) is -3.28. The molecule has 0 aliphatic heterocycles. The van der Waals surface area contributed by atoms with E-state index in [1.54, 1.807) is 12.1 Å². The summed E-state index contributed by atoms with van der Waals surface area (Å²) in [5.74, 6) is 0.776. The summed E-state index contributed by atoms with van der Waals surface area (Å²) in [6, 6.07) is 8.47. The molecule has 0 spiro atoms. The third-order valence-corrected chi connectivity index (χ3v) is 6.02. The van der Waals surface area contributed by atoms with Gasteiger partial charge in [0, 0.05) is 12.6 Å². The van der Waals surface area contributed by atoms with Gasteiger partial charge in [0.25, 0.3) is 0 Å². The van der Waals surface area contributed by atoms with Gasteiger partial charge in [0.1, 0.15) is 0 Å². The summed E-state index contributed by atoms with van der Waals surface area (Å²) >= 11 is 0. The molecule has 4 nitrogen and oxygen atoms in total. The topological polar surface area (TPSA) is 70.0 Å². The van der Waals surface area contributed by atoms with Gasteiger partial charge in [0.2, 0.25) is 0 Å². The first-order chi connectivity index (χ1) is 10.0. The summed E-state index contributed by atoms with van der Waals surface area (Å²) in [5.41, 5.74) is 0.474. The Kier molecular flexibility index (Phi) is 5.38. The minimum absolute atomic E-state index is 0.0932. The molecular weight excluding hydrogens is 284 g/mol. The van der Waals surface area contributed by atoms with E-state index < -0.39 is 9.84 Å². The number of hydrogen-bond donors (Lipinski definition) is 1. The zero-order valence-electron chi connectivity index (χ0n) is 12.4. The lowest BCUT2D eigenvalue weighted by Gasteiger charge is -2.20. The lowest BCUT2D eigenvalue weighted by molar-refractivity contribution is 0.389. The van der Waals surface area contributed by atoms with E-state index in [0.717, 1.165) is 0 Å². The van der Waals surface area contributed by atoms with E-state index in [1.807, 2.05) is 6.07 Å². The quantitative estimate of drug-likeness (QED) is 0.876. The zero-order chi connectivity index (χ0) is 15.3. The highest BCUT2D eigenvalue weighted by Gasteiger charge is 2.22. The number of nitrogens with one attached hydrogen (secondary N) is 1. The van der Waals surface area contributed by atoms with Crippen LogP contribution in [0.5, 0.6) is 0 Å². The number of nitriles is 1. The van der Waals surface area contributed by atoms with Gasteiger partial charge in [-0.25, -0.2) is 8.42 Å². The van der Waals surface area contributed by atoms with Crippen LogP contribution >= 0.6 is 0 Å². The van der Waals surface area contributed by atoms with E-state index in [9.17, 15) is 8.42 Å². The minimum Gasteiger partial charge on any atom is -0.313 e. The fraction of sp³-hybridized carbons (Fsp3) is 0.562. The Bertz CT molecular complexity index is 596. The Hall–Kier alpha value is -1.38. The van der Waals surface area contributed by atoms with Crippen LogP contribution in [-0.2, 0) is 9.84 Å². The molecule has 1 aliphatic rings. The fourth-order valence-corrected chi connectivity index (χ4v) is 4.07. The molecule has 0 radical (unpaired) electrons. The molecule has 1 atom stereocenters. The smallest absolute Gasteiger partial charge is 0.179 e. The lowest BCUT2D eigenvalue weighted by Crippen LogP contribution is -2.35. The Morgan fingerprint density at radius 1 is 1.29 bits per heavy atom. The van der Waals surface area contributed by atoms with Crippen LogP contribution in [0, 0.1) is 17.2 Å². The van der Waals surface area contributed by atoms with E-state index in [2.05, 4.69) is 12.2 Å². The second-order valence-corrected chi connectivity index (χ2v) is 7.85. The van der Waals surface area contributed by atoms with Crippen LogP contribution in [0.3, 0.4) is 0 Å². The summed E-state index contributed by atoms with van der Waals surface area (Å²) in [5, 5.41) is 12.1. The van der Waals surface area contributed by atoms with Crippen molar-refractivity contribution in [2.24, 2.45) is 5.92 Å². The van der Waals surface area contributed by atoms with Gasteiger partial charge < -0.3 is 5.32 Å². The Labute approximate surface area is 127 Å². The molecule has 21 heavy (non-hydrogen) atoms.